The fourth-order valence-electron chi connectivity index (χ4n) is 2.78. The van der Waals surface area contributed by atoms with Crippen molar-refractivity contribution in [3.05, 3.63) is 17.6 Å². The van der Waals surface area contributed by atoms with Crippen LogP contribution in [0.4, 0.5) is 0 Å². The van der Waals surface area contributed by atoms with Crippen molar-refractivity contribution in [2.45, 2.75) is 40.3 Å². The van der Waals surface area contributed by atoms with E-state index >= 15 is 0 Å². The van der Waals surface area contributed by atoms with Crippen molar-refractivity contribution < 1.29 is 9.26 Å². The molecule has 23 heavy (non-hydrogen) atoms. The number of aromatic nitrogens is 4. The molecule has 1 fully saturated rings. The van der Waals surface area contributed by atoms with E-state index < -0.39 is 0 Å². The third-order valence-electron chi connectivity index (χ3n) is 3.90. The number of nitrogens with zero attached hydrogens (tertiary/aromatic N) is 5. The lowest BCUT2D eigenvalue weighted by Crippen LogP contribution is -2.35. The first-order chi connectivity index (χ1) is 11.2. The Balaban J connectivity index is 1.75. The van der Waals surface area contributed by atoms with Gasteiger partial charge in [0.05, 0.1) is 25.5 Å². The molecule has 126 valence electrons. The van der Waals surface area contributed by atoms with Crippen molar-refractivity contribution in [2.75, 3.05) is 26.3 Å². The molecule has 2 aromatic rings. The SMILES string of the molecule is CCn1nc(CC(C)C)cc1-c1nc(CN2CCOCC2)no1. The van der Waals surface area contributed by atoms with Crippen LogP contribution in [0.5, 0.6) is 0 Å². The van der Waals surface area contributed by atoms with E-state index in [1.165, 1.54) is 0 Å². The Hall–Kier alpha value is -1.73. The van der Waals surface area contributed by atoms with Crippen LogP contribution in [-0.4, -0.2) is 51.1 Å². The second-order valence-corrected chi connectivity index (χ2v) is 6.34. The normalized spacial score (nSPS) is 16.3. The summed E-state index contributed by atoms with van der Waals surface area (Å²) in [5.41, 5.74) is 1.98. The van der Waals surface area contributed by atoms with E-state index in [0.29, 0.717) is 18.4 Å². The topological polar surface area (TPSA) is 69.2 Å². The molecule has 0 aromatic carbocycles. The van der Waals surface area contributed by atoms with Crippen LogP contribution in [0.2, 0.25) is 0 Å². The second kappa shape index (κ2) is 7.23. The highest BCUT2D eigenvalue weighted by Crippen LogP contribution is 2.21. The lowest BCUT2D eigenvalue weighted by Gasteiger charge is -2.24. The number of aryl methyl sites for hydroxylation is 1. The van der Waals surface area contributed by atoms with Crippen LogP contribution in [0.15, 0.2) is 10.6 Å². The maximum Gasteiger partial charge on any atom is 0.276 e. The van der Waals surface area contributed by atoms with Gasteiger partial charge in [0.2, 0.25) is 0 Å². The van der Waals surface area contributed by atoms with E-state index in [-0.39, 0.29) is 0 Å². The zero-order valence-electron chi connectivity index (χ0n) is 14.2. The highest BCUT2D eigenvalue weighted by molar-refractivity contribution is 5.48. The monoisotopic (exact) mass is 319 g/mol. The first-order valence-corrected chi connectivity index (χ1v) is 8.35. The number of hydrogen-bond acceptors (Lipinski definition) is 6. The Morgan fingerprint density at radius 1 is 1.26 bits per heavy atom. The van der Waals surface area contributed by atoms with Crippen LogP contribution < -0.4 is 0 Å². The van der Waals surface area contributed by atoms with Gasteiger partial charge in [-0.05, 0) is 25.3 Å². The smallest absolute Gasteiger partial charge is 0.276 e. The molecule has 1 saturated heterocycles. The minimum absolute atomic E-state index is 0.553. The van der Waals surface area contributed by atoms with Gasteiger partial charge in [0.15, 0.2) is 5.82 Å². The van der Waals surface area contributed by atoms with Gasteiger partial charge >= 0.3 is 0 Å². The third kappa shape index (κ3) is 3.97. The van der Waals surface area contributed by atoms with Crippen LogP contribution in [0.1, 0.15) is 32.3 Å². The molecule has 0 saturated carbocycles. The van der Waals surface area contributed by atoms with Crippen LogP contribution in [0.25, 0.3) is 11.6 Å². The molecule has 2 aromatic heterocycles. The van der Waals surface area contributed by atoms with Crippen molar-refractivity contribution in [2.24, 2.45) is 5.92 Å². The second-order valence-electron chi connectivity index (χ2n) is 6.34. The minimum atomic E-state index is 0.553. The quantitative estimate of drug-likeness (QED) is 0.811. The average molecular weight is 319 g/mol. The summed E-state index contributed by atoms with van der Waals surface area (Å²) in [5.74, 6) is 1.84. The van der Waals surface area contributed by atoms with E-state index in [9.17, 15) is 0 Å². The Labute approximate surface area is 136 Å². The molecule has 3 rings (SSSR count). The Kier molecular flexibility index (Phi) is 5.07. The molecule has 1 aliphatic heterocycles. The third-order valence-corrected chi connectivity index (χ3v) is 3.90. The molecule has 0 unspecified atom stereocenters. The van der Waals surface area contributed by atoms with Crippen molar-refractivity contribution in [3.8, 4) is 11.6 Å². The maximum absolute atomic E-state index is 5.47. The van der Waals surface area contributed by atoms with Gasteiger partial charge in [-0.15, -0.1) is 0 Å². The predicted octanol–water partition coefficient (Wildman–Crippen LogP) is 1.98. The fraction of sp³-hybridized carbons (Fsp3) is 0.688. The number of ether oxygens (including phenoxy) is 1. The van der Waals surface area contributed by atoms with Crippen LogP contribution in [0.3, 0.4) is 0 Å². The van der Waals surface area contributed by atoms with E-state index in [1.807, 2.05) is 4.68 Å². The summed E-state index contributed by atoms with van der Waals surface area (Å²) >= 11 is 0. The van der Waals surface area contributed by atoms with E-state index in [2.05, 4.69) is 47.0 Å². The van der Waals surface area contributed by atoms with Gasteiger partial charge in [0, 0.05) is 19.6 Å². The molecule has 0 spiro atoms. The van der Waals surface area contributed by atoms with Gasteiger partial charge in [0.1, 0.15) is 5.69 Å². The van der Waals surface area contributed by atoms with E-state index in [4.69, 9.17) is 9.26 Å². The zero-order valence-corrected chi connectivity index (χ0v) is 14.2. The first kappa shape index (κ1) is 16.1. The van der Waals surface area contributed by atoms with Crippen LogP contribution in [0, 0.1) is 5.92 Å². The molecule has 0 N–H and O–H groups in total. The molecule has 3 heterocycles. The highest BCUT2D eigenvalue weighted by atomic mass is 16.5. The summed E-state index contributed by atoms with van der Waals surface area (Å²) in [4.78, 5) is 6.83. The summed E-state index contributed by atoms with van der Waals surface area (Å²) in [6.07, 6.45) is 0.953. The molecule has 0 atom stereocenters. The Morgan fingerprint density at radius 2 is 2.04 bits per heavy atom. The molecular formula is C16H25N5O2. The molecule has 7 nitrogen and oxygen atoms in total. The molecule has 0 radical (unpaired) electrons. The summed E-state index contributed by atoms with van der Waals surface area (Å²) < 4.78 is 12.8. The van der Waals surface area contributed by atoms with Gasteiger partial charge in [0.25, 0.3) is 5.89 Å². The zero-order chi connectivity index (χ0) is 16.2. The highest BCUT2D eigenvalue weighted by Gasteiger charge is 2.18. The van der Waals surface area contributed by atoms with Crippen molar-refractivity contribution in [1.82, 2.24) is 24.8 Å². The molecule has 0 bridgehead atoms. The molecule has 7 heteroatoms. The molecule has 0 aliphatic carbocycles. The number of morpholine rings is 1. The summed E-state index contributed by atoms with van der Waals surface area (Å²) in [5, 5.41) is 8.75. The van der Waals surface area contributed by atoms with Gasteiger partial charge < -0.3 is 9.26 Å². The summed E-state index contributed by atoms with van der Waals surface area (Å²) in [6, 6.07) is 2.07. The lowest BCUT2D eigenvalue weighted by molar-refractivity contribution is 0.0327. The van der Waals surface area contributed by atoms with E-state index in [0.717, 1.165) is 56.5 Å². The lowest BCUT2D eigenvalue weighted by atomic mass is 10.1. The Bertz CT molecular complexity index is 628. The van der Waals surface area contributed by atoms with Gasteiger partial charge in [-0.1, -0.05) is 19.0 Å². The average Bonchev–Trinajstić information content (AvgIpc) is 3.14. The van der Waals surface area contributed by atoms with Gasteiger partial charge in [-0.25, -0.2) is 0 Å². The predicted molar refractivity (Wildman–Crippen MR) is 85.8 cm³/mol. The molecule has 1 aliphatic rings. The van der Waals surface area contributed by atoms with Gasteiger partial charge in [-0.2, -0.15) is 10.1 Å². The summed E-state index contributed by atoms with van der Waals surface area (Å²) in [6.45, 7) is 11.3. The maximum atomic E-state index is 5.47. The van der Waals surface area contributed by atoms with Crippen molar-refractivity contribution >= 4 is 0 Å². The van der Waals surface area contributed by atoms with Crippen molar-refractivity contribution in [1.29, 1.82) is 0 Å². The summed E-state index contributed by atoms with van der Waals surface area (Å²) in [7, 11) is 0. The largest absolute Gasteiger partial charge is 0.379 e. The Morgan fingerprint density at radius 3 is 2.74 bits per heavy atom. The van der Waals surface area contributed by atoms with Crippen LogP contribution in [-0.2, 0) is 24.2 Å². The molecule has 0 amide bonds. The van der Waals surface area contributed by atoms with Gasteiger partial charge in [-0.3, -0.25) is 9.58 Å². The van der Waals surface area contributed by atoms with Crippen LogP contribution >= 0.6 is 0 Å². The standard InChI is InChI=1S/C16H25N5O2/c1-4-21-14(10-13(18-21)9-12(2)3)16-17-15(19-23-16)11-20-5-7-22-8-6-20/h10,12H,4-9,11H2,1-3H3. The molecular weight excluding hydrogens is 294 g/mol. The fourth-order valence-corrected chi connectivity index (χ4v) is 2.78. The van der Waals surface area contributed by atoms with E-state index in [1.54, 1.807) is 0 Å². The minimum Gasteiger partial charge on any atom is -0.379 e. The first-order valence-electron chi connectivity index (χ1n) is 8.35. The number of rotatable bonds is 6. The number of hydrogen-bond donors (Lipinski definition) is 0. The van der Waals surface area contributed by atoms with Crippen molar-refractivity contribution in [3.63, 3.8) is 0 Å².